The molecule has 1 unspecified atom stereocenters. The lowest BCUT2D eigenvalue weighted by Gasteiger charge is -2.15. The zero-order valence-corrected chi connectivity index (χ0v) is 9.88. The van der Waals surface area contributed by atoms with Crippen LogP contribution in [0.15, 0.2) is 18.2 Å². The molecule has 0 fully saturated rings. The van der Waals surface area contributed by atoms with Gasteiger partial charge in [0.2, 0.25) is 0 Å². The topological polar surface area (TPSA) is 117 Å². The molecule has 8 nitrogen and oxygen atoms in total. The van der Waals surface area contributed by atoms with E-state index in [1.807, 2.05) is 5.43 Å². The van der Waals surface area contributed by atoms with Gasteiger partial charge in [0, 0.05) is 6.07 Å². The summed E-state index contributed by atoms with van der Waals surface area (Å²) in [5.74, 6) is 4.83. The van der Waals surface area contributed by atoms with E-state index in [1.165, 1.54) is 32.2 Å². The minimum Gasteiger partial charge on any atom is -0.493 e. The number of carbonyl (C=O) groups is 1. The summed E-state index contributed by atoms with van der Waals surface area (Å²) in [5.41, 5.74) is 1.81. The van der Waals surface area contributed by atoms with Crippen LogP contribution in [-0.2, 0) is 4.79 Å². The molecule has 0 radical (unpaired) electrons. The monoisotopic (exact) mass is 255 g/mol. The van der Waals surface area contributed by atoms with Crippen molar-refractivity contribution in [3.05, 3.63) is 28.3 Å². The first-order chi connectivity index (χ1) is 8.49. The second-order valence-corrected chi connectivity index (χ2v) is 3.36. The summed E-state index contributed by atoms with van der Waals surface area (Å²) in [6.07, 6.45) is -0.842. The van der Waals surface area contributed by atoms with Gasteiger partial charge in [-0.15, -0.1) is 0 Å². The molecule has 0 spiro atoms. The summed E-state index contributed by atoms with van der Waals surface area (Å²) >= 11 is 0. The van der Waals surface area contributed by atoms with Gasteiger partial charge in [0.05, 0.1) is 18.1 Å². The minimum atomic E-state index is -0.842. The first-order valence-electron chi connectivity index (χ1n) is 4.99. The molecule has 0 aliphatic heterocycles. The number of non-ortho nitro benzene ring substituents is 1. The number of nitro groups is 1. The predicted molar refractivity (Wildman–Crippen MR) is 62.1 cm³/mol. The number of hydrogen-bond acceptors (Lipinski definition) is 6. The highest BCUT2D eigenvalue weighted by Crippen LogP contribution is 2.31. The highest BCUT2D eigenvalue weighted by Gasteiger charge is 2.18. The lowest BCUT2D eigenvalue weighted by Crippen LogP contribution is -2.40. The molecule has 1 rings (SSSR count). The van der Waals surface area contributed by atoms with E-state index < -0.39 is 16.9 Å². The normalized spacial score (nSPS) is 11.5. The Balaban J connectivity index is 2.96. The van der Waals surface area contributed by atoms with Crippen LogP contribution in [0.2, 0.25) is 0 Å². The molecular formula is C10H13N3O5. The Morgan fingerprint density at radius 2 is 2.17 bits per heavy atom. The second kappa shape index (κ2) is 5.82. The Hall–Kier alpha value is -2.35. The number of hydrazine groups is 1. The smallest absolute Gasteiger partial charge is 0.274 e. The fourth-order valence-corrected chi connectivity index (χ4v) is 1.23. The number of benzene rings is 1. The SMILES string of the molecule is COc1cc([N+](=O)[O-])ccc1OC(C)C(=O)NN. The molecule has 1 aromatic rings. The van der Waals surface area contributed by atoms with Crippen LogP contribution in [0.4, 0.5) is 5.69 Å². The van der Waals surface area contributed by atoms with Crippen molar-refractivity contribution in [1.82, 2.24) is 5.43 Å². The number of carbonyl (C=O) groups excluding carboxylic acids is 1. The van der Waals surface area contributed by atoms with E-state index in [0.717, 1.165) is 0 Å². The average molecular weight is 255 g/mol. The van der Waals surface area contributed by atoms with Crippen molar-refractivity contribution in [2.75, 3.05) is 7.11 Å². The van der Waals surface area contributed by atoms with Crippen LogP contribution in [0.25, 0.3) is 0 Å². The number of nitro benzene ring substituents is 1. The van der Waals surface area contributed by atoms with Gasteiger partial charge >= 0.3 is 0 Å². The van der Waals surface area contributed by atoms with Gasteiger partial charge in [0.25, 0.3) is 11.6 Å². The van der Waals surface area contributed by atoms with Crippen molar-refractivity contribution in [2.24, 2.45) is 5.84 Å². The van der Waals surface area contributed by atoms with Crippen molar-refractivity contribution in [2.45, 2.75) is 13.0 Å². The Morgan fingerprint density at radius 3 is 2.67 bits per heavy atom. The molecule has 0 heterocycles. The van der Waals surface area contributed by atoms with Crippen molar-refractivity contribution in [3.8, 4) is 11.5 Å². The lowest BCUT2D eigenvalue weighted by atomic mass is 10.2. The van der Waals surface area contributed by atoms with Crippen molar-refractivity contribution in [3.63, 3.8) is 0 Å². The van der Waals surface area contributed by atoms with Gasteiger partial charge in [-0.3, -0.25) is 20.3 Å². The molecule has 1 atom stereocenters. The number of ether oxygens (including phenoxy) is 2. The van der Waals surface area contributed by atoms with Crippen LogP contribution in [0.3, 0.4) is 0 Å². The minimum absolute atomic E-state index is 0.130. The second-order valence-electron chi connectivity index (χ2n) is 3.36. The van der Waals surface area contributed by atoms with E-state index >= 15 is 0 Å². The van der Waals surface area contributed by atoms with Gasteiger partial charge in [-0.25, -0.2) is 5.84 Å². The van der Waals surface area contributed by atoms with Crippen LogP contribution in [0.1, 0.15) is 6.92 Å². The molecule has 1 amide bonds. The molecule has 0 aliphatic carbocycles. The Morgan fingerprint density at radius 1 is 1.50 bits per heavy atom. The Kier molecular flexibility index (Phi) is 4.44. The average Bonchev–Trinajstić information content (AvgIpc) is 2.37. The van der Waals surface area contributed by atoms with Crippen molar-refractivity contribution >= 4 is 11.6 Å². The van der Waals surface area contributed by atoms with Gasteiger partial charge < -0.3 is 9.47 Å². The highest BCUT2D eigenvalue weighted by molar-refractivity contribution is 5.80. The fourth-order valence-electron chi connectivity index (χ4n) is 1.23. The number of amides is 1. The van der Waals surface area contributed by atoms with Gasteiger partial charge in [0.1, 0.15) is 0 Å². The van der Waals surface area contributed by atoms with Crippen molar-refractivity contribution < 1.29 is 19.2 Å². The van der Waals surface area contributed by atoms with Crippen LogP contribution >= 0.6 is 0 Å². The van der Waals surface area contributed by atoms with Crippen LogP contribution in [0, 0.1) is 10.1 Å². The molecule has 18 heavy (non-hydrogen) atoms. The molecule has 0 saturated carbocycles. The van der Waals surface area contributed by atoms with Gasteiger partial charge in [-0.2, -0.15) is 0 Å². The maximum atomic E-state index is 11.2. The fraction of sp³-hybridized carbons (Fsp3) is 0.300. The molecule has 0 saturated heterocycles. The first kappa shape index (κ1) is 13.7. The third-order valence-corrected chi connectivity index (χ3v) is 2.17. The molecule has 1 aromatic carbocycles. The van der Waals surface area contributed by atoms with Crippen molar-refractivity contribution in [1.29, 1.82) is 0 Å². The van der Waals surface area contributed by atoms with Gasteiger partial charge in [-0.1, -0.05) is 0 Å². The summed E-state index contributed by atoms with van der Waals surface area (Å²) in [4.78, 5) is 21.2. The highest BCUT2D eigenvalue weighted by atomic mass is 16.6. The number of rotatable bonds is 5. The first-order valence-corrected chi connectivity index (χ1v) is 4.99. The molecular weight excluding hydrogens is 242 g/mol. The summed E-state index contributed by atoms with van der Waals surface area (Å²) in [7, 11) is 1.35. The number of methoxy groups -OCH3 is 1. The number of hydrogen-bond donors (Lipinski definition) is 2. The van der Waals surface area contributed by atoms with E-state index in [4.69, 9.17) is 15.3 Å². The molecule has 8 heteroatoms. The maximum absolute atomic E-state index is 11.2. The zero-order valence-electron chi connectivity index (χ0n) is 9.88. The molecule has 0 aromatic heterocycles. The third kappa shape index (κ3) is 3.08. The van der Waals surface area contributed by atoms with E-state index in [9.17, 15) is 14.9 Å². The summed E-state index contributed by atoms with van der Waals surface area (Å²) in [6.45, 7) is 1.49. The number of nitrogens with one attached hydrogen (secondary N) is 1. The van der Waals surface area contributed by atoms with E-state index in [-0.39, 0.29) is 17.2 Å². The summed E-state index contributed by atoms with van der Waals surface area (Å²) in [5, 5.41) is 10.6. The van der Waals surface area contributed by atoms with Crippen LogP contribution in [-0.4, -0.2) is 24.0 Å². The standard InChI is InChI=1S/C10H13N3O5/c1-6(10(14)12-11)18-8-4-3-7(13(15)16)5-9(8)17-2/h3-6H,11H2,1-2H3,(H,12,14). The third-order valence-electron chi connectivity index (χ3n) is 2.17. The van der Waals surface area contributed by atoms with E-state index in [1.54, 1.807) is 0 Å². The summed E-state index contributed by atoms with van der Waals surface area (Å²) < 4.78 is 10.2. The van der Waals surface area contributed by atoms with Gasteiger partial charge in [-0.05, 0) is 13.0 Å². The summed E-state index contributed by atoms with van der Waals surface area (Å²) in [6, 6.07) is 3.82. The van der Waals surface area contributed by atoms with Gasteiger partial charge in [0.15, 0.2) is 17.6 Å². The quantitative estimate of drug-likeness (QED) is 0.339. The largest absolute Gasteiger partial charge is 0.493 e. The predicted octanol–water partition coefficient (Wildman–Crippen LogP) is 0.361. The van der Waals surface area contributed by atoms with Crippen LogP contribution in [0.5, 0.6) is 11.5 Å². The zero-order chi connectivity index (χ0) is 13.7. The Labute approximate surface area is 103 Å². The lowest BCUT2D eigenvalue weighted by molar-refractivity contribution is -0.385. The van der Waals surface area contributed by atoms with Crippen LogP contribution < -0.4 is 20.7 Å². The molecule has 3 N–H and O–H groups in total. The van der Waals surface area contributed by atoms with E-state index in [2.05, 4.69) is 0 Å². The Bertz CT molecular complexity index is 463. The maximum Gasteiger partial charge on any atom is 0.274 e. The molecule has 98 valence electrons. The van der Waals surface area contributed by atoms with E-state index in [0.29, 0.717) is 0 Å². The molecule has 0 bridgehead atoms. The number of nitrogens with two attached hydrogens (primary N) is 1. The molecule has 0 aliphatic rings. The number of nitrogens with zero attached hydrogens (tertiary/aromatic N) is 1.